The normalized spacial score (nSPS) is 13.2. The van der Waals surface area contributed by atoms with Gasteiger partial charge in [0.15, 0.2) is 0 Å². The zero-order chi connectivity index (χ0) is 38.9. The summed E-state index contributed by atoms with van der Waals surface area (Å²) < 4.78 is 32.6. The average Bonchev–Trinajstić information content (AvgIpc) is 3.12. The molecule has 2 unspecified atom stereocenters. The molecule has 0 aromatic rings. The van der Waals surface area contributed by atoms with Crippen LogP contribution in [0.25, 0.3) is 0 Å². The van der Waals surface area contributed by atoms with Crippen LogP contribution in [0, 0.1) is 0 Å². The molecule has 0 aliphatic carbocycles. The van der Waals surface area contributed by atoms with Crippen LogP contribution in [0.3, 0.4) is 0 Å². The summed E-state index contributed by atoms with van der Waals surface area (Å²) in [5.74, 6) is -0.964. The first-order valence-corrected chi connectivity index (χ1v) is 25.0. The number of carbonyl (C=O) groups excluding carboxylic acids is 1. The smallest absolute Gasteiger partial charge is 0.267 e. The van der Waals surface area contributed by atoms with Crippen molar-refractivity contribution >= 4 is 16.0 Å². The Balaban J connectivity index is 3.76. The summed E-state index contributed by atoms with van der Waals surface area (Å²) in [6.07, 6.45) is 50.7. The topological polar surface area (TPSA) is 104 Å². The van der Waals surface area contributed by atoms with Gasteiger partial charge < -0.3 is 10.4 Å². The van der Waals surface area contributed by atoms with Crippen molar-refractivity contribution in [3.05, 3.63) is 12.2 Å². The molecule has 0 saturated carbocycles. The molecule has 0 bridgehead atoms. The van der Waals surface area contributed by atoms with Crippen molar-refractivity contribution in [2.24, 2.45) is 0 Å². The summed E-state index contributed by atoms with van der Waals surface area (Å²) in [7, 11) is -4.34. The molecule has 0 aromatic heterocycles. The van der Waals surface area contributed by atoms with E-state index in [0.717, 1.165) is 38.5 Å². The molecule has 53 heavy (non-hydrogen) atoms. The molecule has 0 fully saturated rings. The van der Waals surface area contributed by atoms with Crippen LogP contribution in [0.4, 0.5) is 0 Å². The van der Waals surface area contributed by atoms with Crippen LogP contribution in [-0.4, -0.2) is 41.9 Å². The highest BCUT2D eigenvalue weighted by molar-refractivity contribution is 7.85. The Morgan fingerprint density at radius 2 is 0.774 bits per heavy atom. The summed E-state index contributed by atoms with van der Waals surface area (Å²) in [5, 5.41) is 13.3. The molecule has 0 aliphatic rings. The van der Waals surface area contributed by atoms with E-state index in [2.05, 4.69) is 19.2 Å². The molecule has 1 amide bonds. The minimum atomic E-state index is -4.34. The zero-order valence-corrected chi connectivity index (χ0v) is 36.2. The second-order valence-corrected chi connectivity index (χ2v) is 17.9. The van der Waals surface area contributed by atoms with Gasteiger partial charge in [-0.15, -0.1) is 0 Å². The fraction of sp³-hybridized carbons (Fsp3) is 0.935. The van der Waals surface area contributed by atoms with Crippen molar-refractivity contribution in [3.8, 4) is 0 Å². The van der Waals surface area contributed by atoms with Crippen LogP contribution in [-0.2, 0) is 14.9 Å². The maximum atomic E-state index is 12.6. The van der Waals surface area contributed by atoms with Gasteiger partial charge in [-0.2, -0.15) is 8.42 Å². The van der Waals surface area contributed by atoms with Crippen molar-refractivity contribution in [1.29, 1.82) is 0 Å². The minimum Gasteiger partial charge on any atom is -0.387 e. The number of nitrogens with one attached hydrogen (secondary N) is 1. The van der Waals surface area contributed by atoms with Crippen molar-refractivity contribution in [2.75, 3.05) is 5.75 Å². The number of unbranched alkanes of at least 4 members (excludes halogenated alkanes) is 35. The molecular formula is C46H91NO5S. The second-order valence-electron chi connectivity index (χ2n) is 16.4. The van der Waals surface area contributed by atoms with Crippen LogP contribution in [0.1, 0.15) is 258 Å². The Hall–Kier alpha value is -0.920. The molecule has 0 rings (SSSR count). The predicted octanol–water partition coefficient (Wildman–Crippen LogP) is 14.1. The third-order valence-corrected chi connectivity index (χ3v) is 11.7. The van der Waals surface area contributed by atoms with E-state index in [9.17, 15) is 22.9 Å². The zero-order valence-electron chi connectivity index (χ0n) is 35.4. The van der Waals surface area contributed by atoms with Gasteiger partial charge in [-0.25, -0.2) is 0 Å². The Morgan fingerprint density at radius 1 is 0.491 bits per heavy atom. The molecular weight excluding hydrogens is 679 g/mol. The summed E-state index contributed by atoms with van der Waals surface area (Å²) >= 11 is 0. The standard InChI is InChI=1S/C46H91NO5S/c1-3-5-7-9-11-13-15-17-19-20-21-22-23-24-25-26-28-30-32-34-36-38-40-42-46(49)47-44(43-53(50,51)52)45(48)41-39-37-35-33-31-29-27-18-16-14-12-10-8-6-4-2/h39,41,44-45,48H,3-38,40,42-43H2,1-2H3,(H,47,49)(H,50,51,52)/b41-39+. The van der Waals surface area contributed by atoms with Crippen LogP contribution in [0.5, 0.6) is 0 Å². The molecule has 316 valence electrons. The molecule has 0 heterocycles. The van der Waals surface area contributed by atoms with Crippen LogP contribution >= 0.6 is 0 Å². The van der Waals surface area contributed by atoms with Crippen molar-refractivity contribution in [3.63, 3.8) is 0 Å². The monoisotopic (exact) mass is 770 g/mol. The van der Waals surface area contributed by atoms with Gasteiger partial charge in [0.25, 0.3) is 10.1 Å². The molecule has 7 heteroatoms. The lowest BCUT2D eigenvalue weighted by Crippen LogP contribution is -2.46. The fourth-order valence-electron chi connectivity index (χ4n) is 7.45. The number of aliphatic hydroxyl groups is 1. The average molecular weight is 770 g/mol. The summed E-state index contributed by atoms with van der Waals surface area (Å²) in [4.78, 5) is 12.6. The highest BCUT2D eigenvalue weighted by Crippen LogP contribution is 2.17. The first-order valence-electron chi connectivity index (χ1n) is 23.4. The number of aliphatic hydroxyl groups excluding tert-OH is 1. The van der Waals surface area contributed by atoms with Gasteiger partial charge in [0.2, 0.25) is 5.91 Å². The second kappa shape index (κ2) is 40.7. The quantitative estimate of drug-likeness (QED) is 0.0325. The lowest BCUT2D eigenvalue weighted by molar-refractivity contribution is -0.122. The molecule has 6 nitrogen and oxygen atoms in total. The Morgan fingerprint density at radius 3 is 1.08 bits per heavy atom. The lowest BCUT2D eigenvalue weighted by atomic mass is 10.0. The van der Waals surface area contributed by atoms with Gasteiger partial charge >= 0.3 is 0 Å². The number of rotatable bonds is 43. The SMILES string of the molecule is CCCCCCCCCCCCCCC/C=C/C(O)C(CS(=O)(=O)O)NC(=O)CCCCCCCCCCCCCCCCCCCCCCCCC. The van der Waals surface area contributed by atoms with Crippen molar-refractivity contribution in [2.45, 2.75) is 270 Å². The summed E-state index contributed by atoms with van der Waals surface area (Å²) in [6, 6.07) is -1.05. The molecule has 3 N–H and O–H groups in total. The Labute approximate surface area is 331 Å². The molecule has 0 radical (unpaired) electrons. The van der Waals surface area contributed by atoms with E-state index in [1.807, 2.05) is 6.08 Å². The van der Waals surface area contributed by atoms with Gasteiger partial charge in [0.05, 0.1) is 17.9 Å². The highest BCUT2D eigenvalue weighted by atomic mass is 32.2. The maximum absolute atomic E-state index is 12.6. The van der Waals surface area contributed by atoms with E-state index in [4.69, 9.17) is 0 Å². The molecule has 0 aliphatic heterocycles. The first kappa shape index (κ1) is 52.1. The fourth-order valence-corrected chi connectivity index (χ4v) is 8.19. The molecule has 0 spiro atoms. The van der Waals surface area contributed by atoms with Gasteiger partial charge in [-0.3, -0.25) is 9.35 Å². The summed E-state index contributed by atoms with van der Waals surface area (Å²) in [5.41, 5.74) is 0. The number of hydrogen-bond donors (Lipinski definition) is 3. The van der Waals surface area contributed by atoms with E-state index in [1.165, 1.54) is 199 Å². The van der Waals surface area contributed by atoms with Crippen molar-refractivity contribution in [1.82, 2.24) is 5.32 Å². The minimum absolute atomic E-state index is 0.272. The van der Waals surface area contributed by atoms with Gasteiger partial charge in [-0.05, 0) is 19.3 Å². The van der Waals surface area contributed by atoms with Gasteiger partial charge in [0, 0.05) is 6.42 Å². The van der Waals surface area contributed by atoms with E-state index in [-0.39, 0.29) is 5.91 Å². The number of allylic oxidation sites excluding steroid dienone is 1. The van der Waals surface area contributed by atoms with Crippen LogP contribution in [0.2, 0.25) is 0 Å². The van der Waals surface area contributed by atoms with Crippen LogP contribution < -0.4 is 5.32 Å². The predicted molar refractivity (Wildman–Crippen MR) is 230 cm³/mol. The van der Waals surface area contributed by atoms with Gasteiger partial charge in [-0.1, -0.05) is 244 Å². The van der Waals surface area contributed by atoms with E-state index in [1.54, 1.807) is 6.08 Å². The van der Waals surface area contributed by atoms with E-state index in [0.29, 0.717) is 6.42 Å². The first-order chi connectivity index (χ1) is 25.8. The Kier molecular flexibility index (Phi) is 40.0. The number of hydrogen-bond acceptors (Lipinski definition) is 4. The third kappa shape index (κ3) is 42.1. The highest BCUT2D eigenvalue weighted by Gasteiger charge is 2.24. The summed E-state index contributed by atoms with van der Waals surface area (Å²) in [6.45, 7) is 4.54. The van der Waals surface area contributed by atoms with Crippen molar-refractivity contribution < 1.29 is 22.9 Å². The van der Waals surface area contributed by atoms with Gasteiger partial charge in [0.1, 0.15) is 0 Å². The van der Waals surface area contributed by atoms with E-state index >= 15 is 0 Å². The largest absolute Gasteiger partial charge is 0.387 e. The number of carbonyl (C=O) groups is 1. The Bertz CT molecular complexity index is 892. The molecule has 0 saturated heterocycles. The van der Waals surface area contributed by atoms with E-state index < -0.39 is 28.0 Å². The number of amides is 1. The maximum Gasteiger partial charge on any atom is 0.267 e. The van der Waals surface area contributed by atoms with Crippen LogP contribution in [0.15, 0.2) is 12.2 Å². The molecule has 2 atom stereocenters. The molecule has 0 aromatic carbocycles. The third-order valence-electron chi connectivity index (χ3n) is 11.0. The lowest BCUT2D eigenvalue weighted by Gasteiger charge is -2.21.